The van der Waals surface area contributed by atoms with Crippen molar-refractivity contribution in [2.24, 2.45) is 0 Å². The van der Waals surface area contributed by atoms with Gasteiger partial charge in [-0.25, -0.2) is 14.2 Å². The summed E-state index contributed by atoms with van der Waals surface area (Å²) < 4.78 is 18.9. The summed E-state index contributed by atoms with van der Waals surface area (Å²) in [6, 6.07) is 6.85. The summed E-state index contributed by atoms with van der Waals surface area (Å²) in [5, 5.41) is 8.70. The molecule has 6 heteroatoms. The number of halogens is 2. The van der Waals surface area contributed by atoms with Crippen molar-refractivity contribution in [1.29, 1.82) is 0 Å². The Kier molecular flexibility index (Phi) is 3.57. The SMILES string of the molecule is O=C(O)c1ccc(Oc2cc(F)cc(Br)c2)nc1. The van der Waals surface area contributed by atoms with Gasteiger partial charge in [-0.05, 0) is 18.2 Å². The summed E-state index contributed by atoms with van der Waals surface area (Å²) in [5.41, 5.74) is 0.0581. The maximum atomic E-state index is 13.1. The van der Waals surface area contributed by atoms with Gasteiger partial charge >= 0.3 is 5.97 Å². The van der Waals surface area contributed by atoms with Crippen LogP contribution in [0.1, 0.15) is 10.4 Å². The minimum atomic E-state index is -1.07. The van der Waals surface area contributed by atoms with Crippen molar-refractivity contribution in [2.75, 3.05) is 0 Å². The van der Waals surface area contributed by atoms with E-state index >= 15 is 0 Å². The molecule has 92 valence electrons. The molecule has 0 aliphatic rings. The van der Waals surface area contributed by atoms with Crippen LogP contribution in [0, 0.1) is 5.82 Å². The van der Waals surface area contributed by atoms with Crippen molar-refractivity contribution in [3.8, 4) is 11.6 Å². The number of hydrogen-bond donors (Lipinski definition) is 1. The van der Waals surface area contributed by atoms with Gasteiger partial charge in [-0.2, -0.15) is 0 Å². The Morgan fingerprint density at radius 2 is 2.11 bits per heavy atom. The lowest BCUT2D eigenvalue weighted by Crippen LogP contribution is -1.97. The van der Waals surface area contributed by atoms with E-state index in [9.17, 15) is 9.18 Å². The van der Waals surface area contributed by atoms with Gasteiger partial charge in [0.25, 0.3) is 0 Å². The Hall–Kier alpha value is -1.95. The molecule has 1 aromatic carbocycles. The van der Waals surface area contributed by atoms with E-state index in [0.29, 0.717) is 4.47 Å². The van der Waals surface area contributed by atoms with Crippen molar-refractivity contribution >= 4 is 21.9 Å². The molecule has 0 aliphatic carbocycles. The molecule has 0 bridgehead atoms. The molecule has 4 nitrogen and oxygen atoms in total. The lowest BCUT2D eigenvalue weighted by molar-refractivity contribution is 0.0696. The first-order chi connectivity index (χ1) is 8.54. The van der Waals surface area contributed by atoms with Crippen molar-refractivity contribution < 1.29 is 19.0 Å². The van der Waals surface area contributed by atoms with Crippen LogP contribution in [0.25, 0.3) is 0 Å². The molecular formula is C12H7BrFNO3. The van der Waals surface area contributed by atoms with Gasteiger partial charge in [0.1, 0.15) is 11.6 Å². The van der Waals surface area contributed by atoms with Gasteiger partial charge in [-0.3, -0.25) is 0 Å². The number of carbonyl (C=O) groups is 1. The van der Waals surface area contributed by atoms with Crippen molar-refractivity contribution in [3.63, 3.8) is 0 Å². The van der Waals surface area contributed by atoms with Gasteiger partial charge in [0.2, 0.25) is 5.88 Å². The van der Waals surface area contributed by atoms with Gasteiger partial charge in [-0.15, -0.1) is 0 Å². The van der Waals surface area contributed by atoms with E-state index in [1.165, 1.54) is 30.5 Å². The number of carboxylic acid groups (broad SMARTS) is 1. The van der Waals surface area contributed by atoms with E-state index in [0.717, 1.165) is 0 Å². The van der Waals surface area contributed by atoms with Crippen LogP contribution in [0.3, 0.4) is 0 Å². The van der Waals surface area contributed by atoms with E-state index in [1.807, 2.05) is 0 Å². The molecule has 0 radical (unpaired) electrons. The molecule has 0 saturated carbocycles. The van der Waals surface area contributed by atoms with Crippen molar-refractivity contribution in [1.82, 2.24) is 4.98 Å². The molecule has 0 saturated heterocycles. The molecule has 0 fully saturated rings. The first-order valence-electron chi connectivity index (χ1n) is 4.88. The summed E-state index contributed by atoms with van der Waals surface area (Å²) in [6.45, 7) is 0. The lowest BCUT2D eigenvalue weighted by atomic mass is 10.3. The zero-order valence-electron chi connectivity index (χ0n) is 8.93. The normalized spacial score (nSPS) is 10.1. The quantitative estimate of drug-likeness (QED) is 0.943. The Balaban J connectivity index is 2.20. The van der Waals surface area contributed by atoms with Crippen LogP contribution in [0.15, 0.2) is 41.0 Å². The second-order valence-electron chi connectivity index (χ2n) is 3.40. The second kappa shape index (κ2) is 5.14. The standard InChI is InChI=1S/C12H7BrFNO3/c13-8-3-9(14)5-10(4-8)18-11-2-1-7(6-15-11)12(16)17/h1-6H,(H,16,17). The Bertz CT molecular complexity index is 566. The van der Waals surface area contributed by atoms with Gasteiger partial charge in [-0.1, -0.05) is 15.9 Å². The van der Waals surface area contributed by atoms with E-state index in [1.54, 1.807) is 6.07 Å². The maximum Gasteiger partial charge on any atom is 0.337 e. The molecule has 0 spiro atoms. The van der Waals surface area contributed by atoms with Crippen LogP contribution in [-0.4, -0.2) is 16.1 Å². The molecule has 0 amide bonds. The van der Waals surface area contributed by atoms with Crippen LogP contribution in [0.4, 0.5) is 4.39 Å². The van der Waals surface area contributed by atoms with E-state index in [-0.39, 0.29) is 17.2 Å². The fraction of sp³-hybridized carbons (Fsp3) is 0. The third-order valence-corrected chi connectivity index (χ3v) is 2.50. The number of aromatic nitrogens is 1. The molecule has 1 aromatic heterocycles. The van der Waals surface area contributed by atoms with Crippen LogP contribution >= 0.6 is 15.9 Å². The smallest absolute Gasteiger partial charge is 0.337 e. The monoisotopic (exact) mass is 311 g/mol. The molecule has 1 N–H and O–H groups in total. The highest BCUT2D eigenvalue weighted by molar-refractivity contribution is 9.10. The third kappa shape index (κ3) is 3.04. The predicted octanol–water partition coefficient (Wildman–Crippen LogP) is 3.47. The summed E-state index contributed by atoms with van der Waals surface area (Å²) >= 11 is 3.14. The maximum absolute atomic E-state index is 13.1. The van der Waals surface area contributed by atoms with Gasteiger partial charge in [0.05, 0.1) is 5.56 Å². The highest BCUT2D eigenvalue weighted by atomic mass is 79.9. The largest absolute Gasteiger partial charge is 0.478 e. The number of benzene rings is 1. The zero-order chi connectivity index (χ0) is 13.1. The van der Waals surface area contributed by atoms with Gasteiger partial charge in [0, 0.05) is 22.8 Å². The Labute approximate surface area is 110 Å². The predicted molar refractivity (Wildman–Crippen MR) is 65.4 cm³/mol. The number of aromatic carboxylic acids is 1. The topological polar surface area (TPSA) is 59.4 Å². The first-order valence-corrected chi connectivity index (χ1v) is 5.67. The molecule has 0 unspecified atom stereocenters. The van der Waals surface area contributed by atoms with E-state index in [4.69, 9.17) is 9.84 Å². The minimum Gasteiger partial charge on any atom is -0.478 e. The average molecular weight is 312 g/mol. The third-order valence-electron chi connectivity index (χ3n) is 2.04. The van der Waals surface area contributed by atoms with Gasteiger partial charge in [0.15, 0.2) is 0 Å². The molecule has 2 aromatic rings. The number of carboxylic acids is 1. The molecule has 18 heavy (non-hydrogen) atoms. The highest BCUT2D eigenvalue weighted by Crippen LogP contribution is 2.24. The molecule has 2 rings (SSSR count). The number of ether oxygens (including phenoxy) is 1. The lowest BCUT2D eigenvalue weighted by Gasteiger charge is -2.05. The summed E-state index contributed by atoms with van der Waals surface area (Å²) in [7, 11) is 0. The number of pyridine rings is 1. The van der Waals surface area contributed by atoms with Crippen LogP contribution in [0.2, 0.25) is 0 Å². The van der Waals surface area contributed by atoms with Crippen LogP contribution in [-0.2, 0) is 0 Å². The van der Waals surface area contributed by atoms with Crippen molar-refractivity contribution in [3.05, 3.63) is 52.4 Å². The van der Waals surface area contributed by atoms with Crippen molar-refractivity contribution in [2.45, 2.75) is 0 Å². The zero-order valence-corrected chi connectivity index (χ0v) is 10.5. The molecule has 0 aliphatic heterocycles. The second-order valence-corrected chi connectivity index (χ2v) is 4.31. The highest BCUT2D eigenvalue weighted by Gasteiger charge is 2.05. The molecule has 1 heterocycles. The summed E-state index contributed by atoms with van der Waals surface area (Å²) in [4.78, 5) is 14.4. The fourth-order valence-corrected chi connectivity index (χ4v) is 1.72. The van der Waals surface area contributed by atoms with E-state index < -0.39 is 11.8 Å². The Morgan fingerprint density at radius 3 is 2.67 bits per heavy atom. The van der Waals surface area contributed by atoms with Crippen LogP contribution in [0.5, 0.6) is 11.6 Å². The number of rotatable bonds is 3. The average Bonchev–Trinajstić information content (AvgIpc) is 2.28. The minimum absolute atomic E-state index is 0.0581. The number of nitrogens with zero attached hydrogens (tertiary/aromatic N) is 1. The number of hydrogen-bond acceptors (Lipinski definition) is 3. The fourth-order valence-electron chi connectivity index (χ4n) is 1.28. The van der Waals surface area contributed by atoms with E-state index in [2.05, 4.69) is 20.9 Å². The Morgan fingerprint density at radius 1 is 1.33 bits per heavy atom. The summed E-state index contributed by atoms with van der Waals surface area (Å²) in [5.74, 6) is -1.04. The summed E-state index contributed by atoms with van der Waals surface area (Å²) in [6.07, 6.45) is 1.17. The van der Waals surface area contributed by atoms with Gasteiger partial charge < -0.3 is 9.84 Å². The first kappa shape index (κ1) is 12.5. The molecule has 0 atom stereocenters. The van der Waals surface area contributed by atoms with Crippen LogP contribution < -0.4 is 4.74 Å². The molecular weight excluding hydrogens is 305 g/mol.